The fourth-order valence-corrected chi connectivity index (χ4v) is 3.80. The van der Waals surface area contributed by atoms with Gasteiger partial charge in [0.1, 0.15) is 0 Å². The molecule has 20 heavy (non-hydrogen) atoms. The minimum atomic E-state index is 0.0764. The van der Waals surface area contributed by atoms with Gasteiger partial charge in [-0.25, -0.2) is 4.79 Å². The molecule has 0 spiro atoms. The number of rotatable bonds is 2. The lowest BCUT2D eigenvalue weighted by molar-refractivity contribution is 0.158. The van der Waals surface area contributed by atoms with Crippen LogP contribution in [-0.4, -0.2) is 23.5 Å². The molecule has 1 atom stereocenters. The number of nitrogens with one attached hydrogen (secondary N) is 1. The topological polar surface area (TPSA) is 32.3 Å². The van der Waals surface area contributed by atoms with Crippen molar-refractivity contribution in [2.75, 3.05) is 6.54 Å². The highest BCUT2D eigenvalue weighted by Gasteiger charge is 2.22. The lowest BCUT2D eigenvalue weighted by Crippen LogP contribution is -2.47. The van der Waals surface area contributed by atoms with Crippen molar-refractivity contribution in [2.45, 2.75) is 38.8 Å². The fraction of sp³-hybridized carbons (Fsp3) is 0.438. The van der Waals surface area contributed by atoms with Gasteiger partial charge in [-0.3, -0.25) is 0 Å². The minimum Gasteiger partial charge on any atom is -0.334 e. The first-order valence-electron chi connectivity index (χ1n) is 7.25. The molecular formula is C16H20N2OS. The van der Waals surface area contributed by atoms with E-state index < -0.39 is 0 Å². The zero-order valence-corrected chi connectivity index (χ0v) is 12.6. The van der Waals surface area contributed by atoms with Gasteiger partial charge in [0.2, 0.25) is 0 Å². The molecule has 1 N–H and O–H groups in total. The smallest absolute Gasteiger partial charge is 0.317 e. The Bertz CT molecular complexity index is 607. The van der Waals surface area contributed by atoms with Crippen LogP contribution in [0, 0.1) is 0 Å². The maximum absolute atomic E-state index is 12.3. The first-order chi connectivity index (χ1) is 9.75. The highest BCUT2D eigenvalue weighted by Crippen LogP contribution is 2.25. The number of carbonyl (C=O) groups is 1. The number of fused-ring (bicyclic) bond motifs is 1. The quantitative estimate of drug-likeness (QED) is 0.890. The molecule has 1 aromatic carbocycles. The number of likely N-dealkylation sites (tertiary alicyclic amines) is 1. The van der Waals surface area contributed by atoms with Crippen molar-refractivity contribution in [3.05, 3.63) is 35.2 Å². The molecule has 1 aliphatic heterocycles. The second-order valence-electron chi connectivity index (χ2n) is 5.45. The van der Waals surface area contributed by atoms with E-state index in [4.69, 9.17) is 0 Å². The maximum Gasteiger partial charge on any atom is 0.317 e. The molecule has 1 unspecified atom stereocenters. The molecule has 0 bridgehead atoms. The van der Waals surface area contributed by atoms with Gasteiger partial charge in [0.25, 0.3) is 0 Å². The second-order valence-corrected chi connectivity index (χ2v) is 6.37. The van der Waals surface area contributed by atoms with E-state index in [-0.39, 0.29) is 6.03 Å². The largest absolute Gasteiger partial charge is 0.334 e. The predicted molar refractivity (Wildman–Crippen MR) is 84.1 cm³/mol. The number of nitrogens with zero attached hydrogens (tertiary/aromatic N) is 1. The molecule has 0 radical (unpaired) electrons. The second kappa shape index (κ2) is 5.83. The van der Waals surface area contributed by atoms with E-state index in [0.29, 0.717) is 12.6 Å². The van der Waals surface area contributed by atoms with Crippen LogP contribution in [0.1, 0.15) is 31.7 Å². The molecule has 1 aliphatic rings. The third-order valence-electron chi connectivity index (χ3n) is 4.06. The predicted octanol–water partition coefficient (Wildman–Crippen LogP) is 3.99. The molecule has 0 aliphatic carbocycles. The van der Waals surface area contributed by atoms with E-state index in [1.54, 1.807) is 11.3 Å². The van der Waals surface area contributed by atoms with Crippen molar-refractivity contribution in [1.29, 1.82) is 0 Å². The molecular weight excluding hydrogens is 268 g/mol. The number of urea groups is 1. The molecule has 1 aromatic heterocycles. The highest BCUT2D eigenvalue weighted by molar-refractivity contribution is 7.17. The summed E-state index contributed by atoms with van der Waals surface area (Å²) in [4.78, 5) is 14.2. The van der Waals surface area contributed by atoms with Crippen molar-refractivity contribution >= 4 is 27.5 Å². The Morgan fingerprint density at radius 3 is 3.10 bits per heavy atom. The molecule has 2 heterocycles. The summed E-state index contributed by atoms with van der Waals surface area (Å²) < 4.78 is 1.28. The van der Waals surface area contributed by atoms with Crippen LogP contribution >= 0.6 is 11.3 Å². The summed E-state index contributed by atoms with van der Waals surface area (Å²) in [6.07, 6.45) is 3.48. The van der Waals surface area contributed by atoms with Crippen LogP contribution in [0.5, 0.6) is 0 Å². The third kappa shape index (κ3) is 2.66. The molecule has 2 aromatic rings. The number of piperidine rings is 1. The van der Waals surface area contributed by atoms with Crippen LogP contribution in [0.3, 0.4) is 0 Å². The summed E-state index contributed by atoms with van der Waals surface area (Å²) in [5, 5.41) is 6.47. The van der Waals surface area contributed by atoms with Crippen molar-refractivity contribution in [3.63, 3.8) is 0 Å². The maximum atomic E-state index is 12.3. The van der Waals surface area contributed by atoms with Gasteiger partial charge in [-0.15, -0.1) is 11.3 Å². The van der Waals surface area contributed by atoms with Crippen LogP contribution in [-0.2, 0) is 6.54 Å². The van der Waals surface area contributed by atoms with Crippen LogP contribution in [0.2, 0.25) is 0 Å². The first kappa shape index (κ1) is 13.4. The van der Waals surface area contributed by atoms with Crippen LogP contribution in [0.25, 0.3) is 10.1 Å². The van der Waals surface area contributed by atoms with Gasteiger partial charge in [-0.1, -0.05) is 18.2 Å². The zero-order chi connectivity index (χ0) is 13.9. The number of benzene rings is 1. The molecule has 106 valence electrons. The van der Waals surface area contributed by atoms with Crippen molar-refractivity contribution in [2.24, 2.45) is 0 Å². The van der Waals surface area contributed by atoms with Gasteiger partial charge in [-0.2, -0.15) is 0 Å². The minimum absolute atomic E-state index is 0.0764. The molecule has 0 saturated carbocycles. The molecule has 3 rings (SSSR count). The van der Waals surface area contributed by atoms with Crippen molar-refractivity contribution in [3.8, 4) is 0 Å². The van der Waals surface area contributed by atoms with Gasteiger partial charge in [0.15, 0.2) is 0 Å². The number of hydrogen-bond donors (Lipinski definition) is 1. The monoisotopic (exact) mass is 288 g/mol. The summed E-state index contributed by atoms with van der Waals surface area (Å²) in [5.41, 5.74) is 1.21. The average molecular weight is 288 g/mol. The Kier molecular flexibility index (Phi) is 3.92. The van der Waals surface area contributed by atoms with Gasteiger partial charge < -0.3 is 10.2 Å². The van der Waals surface area contributed by atoms with E-state index in [9.17, 15) is 4.79 Å². The van der Waals surface area contributed by atoms with E-state index >= 15 is 0 Å². The van der Waals surface area contributed by atoms with Crippen LogP contribution in [0.15, 0.2) is 29.6 Å². The molecule has 3 nitrogen and oxygen atoms in total. The summed E-state index contributed by atoms with van der Waals surface area (Å²) >= 11 is 1.74. The fourth-order valence-electron chi connectivity index (χ4n) is 2.84. The average Bonchev–Trinajstić information content (AvgIpc) is 2.88. The Labute approximate surface area is 123 Å². The molecule has 1 saturated heterocycles. The van der Waals surface area contributed by atoms with Gasteiger partial charge >= 0.3 is 6.03 Å². The molecule has 2 amide bonds. The van der Waals surface area contributed by atoms with E-state index in [1.165, 1.54) is 22.1 Å². The van der Waals surface area contributed by atoms with Gasteiger partial charge in [0, 0.05) is 23.8 Å². The van der Waals surface area contributed by atoms with Crippen LogP contribution in [0.4, 0.5) is 4.79 Å². The summed E-state index contributed by atoms with van der Waals surface area (Å²) in [6, 6.07) is 8.79. The first-order valence-corrected chi connectivity index (χ1v) is 8.13. The Morgan fingerprint density at radius 1 is 1.40 bits per heavy atom. The van der Waals surface area contributed by atoms with E-state index in [2.05, 4.69) is 35.8 Å². The Hall–Kier alpha value is -1.55. The summed E-state index contributed by atoms with van der Waals surface area (Å²) in [6.45, 7) is 3.64. The summed E-state index contributed by atoms with van der Waals surface area (Å²) in [5.74, 6) is 0. The Morgan fingerprint density at radius 2 is 2.25 bits per heavy atom. The lowest BCUT2D eigenvalue weighted by Gasteiger charge is -2.33. The summed E-state index contributed by atoms with van der Waals surface area (Å²) in [7, 11) is 0. The molecule has 4 heteroatoms. The Balaban J connectivity index is 1.65. The number of thiophene rings is 1. The normalized spacial score (nSPS) is 19.2. The van der Waals surface area contributed by atoms with Gasteiger partial charge in [-0.05, 0) is 48.6 Å². The lowest BCUT2D eigenvalue weighted by atomic mass is 10.0. The third-order valence-corrected chi connectivity index (χ3v) is 5.07. The van der Waals surface area contributed by atoms with Crippen LogP contribution < -0.4 is 5.32 Å². The van der Waals surface area contributed by atoms with Gasteiger partial charge in [0.05, 0.1) is 0 Å². The number of carbonyl (C=O) groups excluding carboxylic acids is 1. The zero-order valence-electron chi connectivity index (χ0n) is 11.8. The number of hydrogen-bond acceptors (Lipinski definition) is 2. The molecule has 1 fully saturated rings. The van der Waals surface area contributed by atoms with E-state index in [1.807, 2.05) is 11.0 Å². The highest BCUT2D eigenvalue weighted by atomic mass is 32.1. The number of amides is 2. The SMILES string of the molecule is CC1CCCCN1C(=O)NCc1csc2ccccc12. The van der Waals surface area contributed by atoms with Crippen molar-refractivity contribution in [1.82, 2.24) is 10.2 Å². The van der Waals surface area contributed by atoms with E-state index in [0.717, 1.165) is 19.4 Å². The standard InChI is InChI=1S/C16H20N2OS/c1-12-6-4-5-9-18(12)16(19)17-10-13-11-20-15-8-3-2-7-14(13)15/h2-3,7-8,11-12H,4-6,9-10H2,1H3,(H,17,19). The van der Waals surface area contributed by atoms with Crippen molar-refractivity contribution < 1.29 is 4.79 Å².